The molecule has 0 saturated carbocycles. The molecule has 0 aliphatic heterocycles. The van der Waals surface area contributed by atoms with Gasteiger partial charge in [-0.3, -0.25) is 0 Å². The molecule has 2 aromatic carbocycles. The van der Waals surface area contributed by atoms with E-state index in [0.29, 0.717) is 0 Å². The van der Waals surface area contributed by atoms with E-state index < -0.39 is 0 Å². The molecule has 0 bridgehead atoms. The highest BCUT2D eigenvalue weighted by molar-refractivity contribution is 6.30. The Hall–Kier alpha value is -1.51. The van der Waals surface area contributed by atoms with Crippen LogP contribution >= 0.6 is 11.6 Å². The zero-order valence-electron chi connectivity index (χ0n) is 12.8. The summed E-state index contributed by atoms with van der Waals surface area (Å²) in [6.07, 6.45) is 0. The van der Waals surface area contributed by atoms with Gasteiger partial charge in [-0.2, -0.15) is 0 Å². The summed E-state index contributed by atoms with van der Waals surface area (Å²) in [6.45, 7) is 8.59. The Morgan fingerprint density at radius 2 is 1.33 bits per heavy atom. The summed E-state index contributed by atoms with van der Waals surface area (Å²) in [5.74, 6) is 0. The Balaban J connectivity index is 2.20. The second-order valence-corrected chi connectivity index (χ2v) is 5.43. The predicted molar refractivity (Wildman–Crippen MR) is 92.7 cm³/mol. The lowest BCUT2D eigenvalue weighted by Crippen LogP contribution is -2.32. The van der Waals surface area contributed by atoms with Crippen LogP contribution in [0.4, 0.5) is 11.4 Å². The van der Waals surface area contributed by atoms with E-state index in [1.54, 1.807) is 0 Å². The molecule has 0 unspecified atom stereocenters. The average molecular weight is 303 g/mol. The molecule has 112 valence electrons. The standard InChI is InChI=1S/C18H23ClN2/c1-3-20(4-2)14-15-21(17-8-6-5-7-9-17)18-12-10-16(19)11-13-18/h5-13H,3-4,14-15H2,1-2H3. The second kappa shape index (κ2) is 8.06. The fraction of sp³-hybridized carbons (Fsp3) is 0.333. The summed E-state index contributed by atoms with van der Waals surface area (Å²) in [5.41, 5.74) is 2.39. The third kappa shape index (κ3) is 4.48. The van der Waals surface area contributed by atoms with Crippen molar-refractivity contribution in [2.45, 2.75) is 13.8 Å². The van der Waals surface area contributed by atoms with Gasteiger partial charge < -0.3 is 9.80 Å². The van der Waals surface area contributed by atoms with Gasteiger partial charge in [0, 0.05) is 29.5 Å². The SMILES string of the molecule is CCN(CC)CCN(c1ccccc1)c1ccc(Cl)cc1. The molecule has 0 N–H and O–H groups in total. The Morgan fingerprint density at radius 1 is 0.762 bits per heavy atom. The number of para-hydroxylation sites is 1. The number of benzene rings is 2. The van der Waals surface area contributed by atoms with Gasteiger partial charge in [-0.1, -0.05) is 43.6 Å². The Bertz CT molecular complexity index is 521. The first-order valence-corrected chi connectivity index (χ1v) is 7.93. The van der Waals surface area contributed by atoms with Crippen molar-refractivity contribution in [2.75, 3.05) is 31.1 Å². The van der Waals surface area contributed by atoms with Gasteiger partial charge >= 0.3 is 0 Å². The van der Waals surface area contributed by atoms with Crippen molar-refractivity contribution in [3.63, 3.8) is 0 Å². The van der Waals surface area contributed by atoms with Crippen LogP contribution in [0.25, 0.3) is 0 Å². The summed E-state index contributed by atoms with van der Waals surface area (Å²) in [7, 11) is 0. The van der Waals surface area contributed by atoms with Crippen LogP contribution in [0.5, 0.6) is 0 Å². The van der Waals surface area contributed by atoms with Crippen molar-refractivity contribution in [1.29, 1.82) is 0 Å². The van der Waals surface area contributed by atoms with Gasteiger partial charge in [0.1, 0.15) is 0 Å². The predicted octanol–water partition coefficient (Wildman–Crippen LogP) is 4.82. The molecule has 2 nitrogen and oxygen atoms in total. The highest BCUT2D eigenvalue weighted by Gasteiger charge is 2.10. The lowest BCUT2D eigenvalue weighted by molar-refractivity contribution is 0.312. The first-order valence-electron chi connectivity index (χ1n) is 7.55. The van der Waals surface area contributed by atoms with E-state index >= 15 is 0 Å². The number of halogens is 1. The van der Waals surface area contributed by atoms with Crippen molar-refractivity contribution in [3.8, 4) is 0 Å². The monoisotopic (exact) mass is 302 g/mol. The smallest absolute Gasteiger partial charge is 0.0412 e. The lowest BCUT2D eigenvalue weighted by atomic mass is 10.2. The van der Waals surface area contributed by atoms with Crippen molar-refractivity contribution in [2.24, 2.45) is 0 Å². The van der Waals surface area contributed by atoms with Gasteiger partial charge in [0.15, 0.2) is 0 Å². The molecule has 0 spiro atoms. The molecule has 0 heterocycles. The molecular formula is C18H23ClN2. The van der Waals surface area contributed by atoms with Crippen LogP contribution in [0.1, 0.15) is 13.8 Å². The van der Waals surface area contributed by atoms with Crippen LogP contribution in [0.2, 0.25) is 5.02 Å². The van der Waals surface area contributed by atoms with Crippen LogP contribution in [0.3, 0.4) is 0 Å². The zero-order chi connectivity index (χ0) is 15.1. The topological polar surface area (TPSA) is 6.48 Å². The zero-order valence-corrected chi connectivity index (χ0v) is 13.6. The largest absolute Gasteiger partial charge is 0.340 e. The molecule has 0 aromatic heterocycles. The molecule has 2 rings (SSSR count). The minimum atomic E-state index is 0.774. The molecule has 0 aliphatic rings. The summed E-state index contributed by atoms with van der Waals surface area (Å²) in [4.78, 5) is 4.78. The molecule has 3 heteroatoms. The average Bonchev–Trinajstić information content (AvgIpc) is 2.54. The van der Waals surface area contributed by atoms with Crippen LogP contribution in [0, 0.1) is 0 Å². The number of rotatable bonds is 7. The number of anilines is 2. The fourth-order valence-electron chi connectivity index (χ4n) is 2.42. The highest BCUT2D eigenvalue weighted by Crippen LogP contribution is 2.26. The first-order chi connectivity index (χ1) is 10.2. The van der Waals surface area contributed by atoms with Crippen LogP contribution < -0.4 is 4.90 Å². The third-order valence-corrected chi connectivity index (χ3v) is 3.99. The molecule has 2 aromatic rings. The van der Waals surface area contributed by atoms with E-state index in [2.05, 4.69) is 60.0 Å². The first kappa shape index (κ1) is 15.9. The van der Waals surface area contributed by atoms with Crippen LogP contribution in [-0.2, 0) is 0 Å². The van der Waals surface area contributed by atoms with Crippen molar-refractivity contribution in [1.82, 2.24) is 4.90 Å². The van der Waals surface area contributed by atoms with Crippen molar-refractivity contribution in [3.05, 3.63) is 59.6 Å². The molecule has 0 radical (unpaired) electrons. The highest BCUT2D eigenvalue weighted by atomic mass is 35.5. The normalized spacial score (nSPS) is 10.9. The number of hydrogen-bond donors (Lipinski definition) is 0. The molecule has 0 fully saturated rings. The number of likely N-dealkylation sites (N-methyl/N-ethyl adjacent to an activating group) is 1. The number of nitrogens with zero attached hydrogens (tertiary/aromatic N) is 2. The van der Waals surface area contributed by atoms with Crippen molar-refractivity contribution < 1.29 is 0 Å². The van der Waals surface area contributed by atoms with E-state index in [1.165, 1.54) is 11.4 Å². The molecule has 0 saturated heterocycles. The van der Waals surface area contributed by atoms with Crippen LogP contribution in [-0.4, -0.2) is 31.1 Å². The summed E-state index contributed by atoms with van der Waals surface area (Å²) in [6, 6.07) is 18.6. The van der Waals surface area contributed by atoms with Gasteiger partial charge in [0.05, 0.1) is 0 Å². The minimum absolute atomic E-state index is 0.774. The molecule has 0 amide bonds. The van der Waals surface area contributed by atoms with Gasteiger partial charge in [-0.25, -0.2) is 0 Å². The Labute approximate surface area is 133 Å². The Morgan fingerprint density at radius 3 is 1.90 bits per heavy atom. The van der Waals surface area contributed by atoms with Crippen molar-refractivity contribution >= 4 is 23.0 Å². The maximum absolute atomic E-state index is 6.01. The van der Waals surface area contributed by atoms with E-state index in [0.717, 1.165) is 31.2 Å². The lowest BCUT2D eigenvalue weighted by Gasteiger charge is -2.28. The van der Waals surface area contributed by atoms with Gasteiger partial charge in [-0.15, -0.1) is 0 Å². The maximum atomic E-state index is 6.01. The summed E-state index contributed by atoms with van der Waals surface area (Å²) in [5, 5.41) is 0.774. The van der Waals surface area contributed by atoms with Crippen LogP contribution in [0.15, 0.2) is 54.6 Å². The fourth-order valence-corrected chi connectivity index (χ4v) is 2.54. The quantitative estimate of drug-likeness (QED) is 0.723. The molecular weight excluding hydrogens is 280 g/mol. The van der Waals surface area contributed by atoms with Gasteiger partial charge in [-0.05, 0) is 49.5 Å². The minimum Gasteiger partial charge on any atom is -0.340 e. The van der Waals surface area contributed by atoms with E-state index in [4.69, 9.17) is 11.6 Å². The summed E-state index contributed by atoms with van der Waals surface area (Å²) >= 11 is 6.01. The molecule has 21 heavy (non-hydrogen) atoms. The van der Waals surface area contributed by atoms with E-state index in [-0.39, 0.29) is 0 Å². The number of hydrogen-bond acceptors (Lipinski definition) is 2. The van der Waals surface area contributed by atoms with Gasteiger partial charge in [0.2, 0.25) is 0 Å². The Kier molecular flexibility index (Phi) is 6.09. The van der Waals surface area contributed by atoms with E-state index in [1.807, 2.05) is 18.2 Å². The maximum Gasteiger partial charge on any atom is 0.0412 e. The summed E-state index contributed by atoms with van der Waals surface area (Å²) < 4.78 is 0. The van der Waals surface area contributed by atoms with Gasteiger partial charge in [0.25, 0.3) is 0 Å². The molecule has 0 aliphatic carbocycles. The third-order valence-electron chi connectivity index (χ3n) is 3.74. The van der Waals surface area contributed by atoms with E-state index in [9.17, 15) is 0 Å². The second-order valence-electron chi connectivity index (χ2n) is 4.99. The molecule has 0 atom stereocenters.